The third kappa shape index (κ3) is 3.85. The van der Waals surface area contributed by atoms with E-state index < -0.39 is 10.0 Å². The Kier molecular flexibility index (Phi) is 5.24. The summed E-state index contributed by atoms with van der Waals surface area (Å²) in [6.07, 6.45) is 0. The van der Waals surface area contributed by atoms with Crippen LogP contribution in [-0.4, -0.2) is 53.0 Å². The molecule has 8 heteroatoms. The van der Waals surface area contributed by atoms with Gasteiger partial charge in [-0.2, -0.15) is 0 Å². The highest BCUT2D eigenvalue weighted by atomic mass is 32.2. The molecule has 1 saturated heterocycles. The third-order valence-electron chi connectivity index (χ3n) is 4.56. The van der Waals surface area contributed by atoms with Crippen LogP contribution in [0.5, 0.6) is 0 Å². The molecular weight excluding hydrogens is 302 g/mol. The van der Waals surface area contributed by atoms with Crippen LogP contribution in [0.3, 0.4) is 0 Å². The maximum absolute atomic E-state index is 11.9. The van der Waals surface area contributed by atoms with E-state index in [0.717, 1.165) is 18.2 Å². The molecule has 1 aromatic heterocycles. The van der Waals surface area contributed by atoms with Crippen molar-refractivity contribution in [3.63, 3.8) is 0 Å². The fourth-order valence-corrected chi connectivity index (χ4v) is 3.82. The number of likely N-dealkylation sites (tertiary alicyclic amines) is 1. The van der Waals surface area contributed by atoms with E-state index in [1.165, 1.54) is 0 Å². The average molecular weight is 329 g/mol. The molecule has 22 heavy (non-hydrogen) atoms. The van der Waals surface area contributed by atoms with Crippen molar-refractivity contribution in [2.75, 3.05) is 18.8 Å². The Bertz CT molecular complexity index is 611. The topological polar surface area (TPSA) is 80.1 Å². The molecular formula is C14H27N5O2S. The minimum absolute atomic E-state index is 0.0284. The largest absolute Gasteiger partial charge is 0.317 e. The number of aromatic nitrogens is 3. The van der Waals surface area contributed by atoms with Gasteiger partial charge in [0.2, 0.25) is 10.0 Å². The summed E-state index contributed by atoms with van der Waals surface area (Å²) in [7, 11) is -1.22. The molecule has 0 radical (unpaired) electrons. The van der Waals surface area contributed by atoms with Crippen molar-refractivity contribution in [2.24, 2.45) is 18.9 Å². The molecule has 0 saturated carbocycles. The summed E-state index contributed by atoms with van der Waals surface area (Å²) in [4.78, 5) is 2.26. The predicted molar refractivity (Wildman–Crippen MR) is 85.7 cm³/mol. The number of rotatable bonds is 6. The summed E-state index contributed by atoms with van der Waals surface area (Å²) >= 11 is 0. The van der Waals surface area contributed by atoms with Crippen LogP contribution < -0.4 is 4.72 Å². The molecule has 0 aromatic carbocycles. The second-order valence-corrected chi connectivity index (χ2v) is 8.49. The first kappa shape index (κ1) is 17.4. The van der Waals surface area contributed by atoms with Gasteiger partial charge in [0, 0.05) is 26.2 Å². The van der Waals surface area contributed by atoms with Crippen molar-refractivity contribution >= 4 is 10.0 Å². The highest BCUT2D eigenvalue weighted by Gasteiger charge is 2.36. The summed E-state index contributed by atoms with van der Waals surface area (Å²) in [5.74, 6) is 2.67. The van der Waals surface area contributed by atoms with Gasteiger partial charge in [-0.1, -0.05) is 13.8 Å². The second kappa shape index (κ2) is 6.64. The summed E-state index contributed by atoms with van der Waals surface area (Å²) in [5.41, 5.74) is 0. The summed E-state index contributed by atoms with van der Waals surface area (Å²) in [6, 6.07) is -0.0284. The maximum Gasteiger partial charge on any atom is 0.211 e. The van der Waals surface area contributed by atoms with E-state index in [2.05, 4.69) is 33.7 Å². The molecule has 0 unspecified atom stereocenters. The Hall–Kier alpha value is -0.990. The first-order valence-corrected chi connectivity index (χ1v) is 9.46. The monoisotopic (exact) mass is 329 g/mol. The van der Waals surface area contributed by atoms with Crippen LogP contribution >= 0.6 is 0 Å². The second-order valence-electron chi connectivity index (χ2n) is 6.45. The van der Waals surface area contributed by atoms with Gasteiger partial charge in [-0.25, -0.2) is 13.1 Å². The van der Waals surface area contributed by atoms with Gasteiger partial charge in [-0.15, -0.1) is 10.2 Å². The third-order valence-corrected chi connectivity index (χ3v) is 5.98. The molecule has 2 atom stereocenters. The lowest BCUT2D eigenvalue weighted by Gasteiger charge is -2.22. The van der Waals surface area contributed by atoms with Crippen molar-refractivity contribution in [3.05, 3.63) is 11.6 Å². The minimum Gasteiger partial charge on any atom is -0.317 e. The zero-order valence-corrected chi connectivity index (χ0v) is 14.9. The molecule has 0 spiro atoms. The average Bonchev–Trinajstić information content (AvgIpc) is 2.97. The lowest BCUT2D eigenvalue weighted by Crippen LogP contribution is -2.42. The summed E-state index contributed by atoms with van der Waals surface area (Å²) in [5, 5.41) is 8.28. The van der Waals surface area contributed by atoms with Crippen LogP contribution in [-0.2, 0) is 23.6 Å². The lowest BCUT2D eigenvalue weighted by molar-refractivity contribution is 0.287. The SMILES string of the molecule is CCS(=O)(=O)N[C@H]1CN(Cc2nnc(C)n2C)C[C@@H]1C(C)C. The quantitative estimate of drug-likeness (QED) is 0.823. The fraction of sp³-hybridized carbons (Fsp3) is 0.857. The number of nitrogens with one attached hydrogen (secondary N) is 1. The Morgan fingerprint density at radius 3 is 2.50 bits per heavy atom. The van der Waals surface area contributed by atoms with E-state index in [-0.39, 0.29) is 11.8 Å². The lowest BCUT2D eigenvalue weighted by atomic mass is 9.92. The zero-order chi connectivity index (χ0) is 16.5. The molecule has 2 heterocycles. The Morgan fingerprint density at radius 2 is 2.00 bits per heavy atom. The normalized spacial score (nSPS) is 23.5. The number of hydrogen-bond acceptors (Lipinski definition) is 5. The zero-order valence-electron chi connectivity index (χ0n) is 14.1. The van der Waals surface area contributed by atoms with Gasteiger partial charge >= 0.3 is 0 Å². The Labute approximate surface area is 133 Å². The Balaban J connectivity index is 2.08. The van der Waals surface area contributed by atoms with Gasteiger partial charge in [-0.3, -0.25) is 4.90 Å². The first-order chi connectivity index (χ1) is 10.2. The molecule has 1 aromatic rings. The van der Waals surface area contributed by atoms with Gasteiger partial charge in [0.05, 0.1) is 12.3 Å². The van der Waals surface area contributed by atoms with Gasteiger partial charge in [0.15, 0.2) is 0 Å². The molecule has 7 nitrogen and oxygen atoms in total. The van der Waals surface area contributed by atoms with Crippen LogP contribution in [0.4, 0.5) is 0 Å². The van der Waals surface area contributed by atoms with Crippen LogP contribution in [0.2, 0.25) is 0 Å². The first-order valence-electron chi connectivity index (χ1n) is 7.80. The van der Waals surface area contributed by atoms with Gasteiger partial charge < -0.3 is 4.57 Å². The van der Waals surface area contributed by atoms with Gasteiger partial charge in [0.25, 0.3) is 0 Å². The number of nitrogens with zero attached hydrogens (tertiary/aromatic N) is 4. The number of sulfonamides is 1. The molecule has 1 aliphatic heterocycles. The molecule has 0 amide bonds. The van der Waals surface area contributed by atoms with E-state index in [9.17, 15) is 8.42 Å². The highest BCUT2D eigenvalue weighted by molar-refractivity contribution is 7.89. The van der Waals surface area contributed by atoms with E-state index in [1.807, 2.05) is 18.5 Å². The highest BCUT2D eigenvalue weighted by Crippen LogP contribution is 2.26. The van der Waals surface area contributed by atoms with E-state index in [4.69, 9.17) is 0 Å². The summed E-state index contributed by atoms with van der Waals surface area (Å²) in [6.45, 7) is 10.2. The standard InChI is InChI=1S/C14H27N5O2S/c1-6-22(20,21)17-13-8-19(7-12(13)10(2)3)9-14-16-15-11(4)18(14)5/h10,12-13,17H,6-9H2,1-5H3/t12-,13+/m1/s1. The van der Waals surface area contributed by atoms with Crippen LogP contribution in [0.25, 0.3) is 0 Å². The molecule has 1 N–H and O–H groups in total. The van der Waals surface area contributed by atoms with Crippen molar-refractivity contribution in [2.45, 2.75) is 40.3 Å². The fourth-order valence-electron chi connectivity index (χ4n) is 2.95. The van der Waals surface area contributed by atoms with Gasteiger partial charge in [0.1, 0.15) is 11.6 Å². The molecule has 0 bridgehead atoms. The van der Waals surface area contributed by atoms with E-state index in [0.29, 0.717) is 24.9 Å². The predicted octanol–water partition coefficient (Wildman–Crippen LogP) is 0.519. The van der Waals surface area contributed by atoms with E-state index >= 15 is 0 Å². The number of aryl methyl sites for hydroxylation is 1. The molecule has 0 aliphatic carbocycles. The molecule has 1 aliphatic rings. The van der Waals surface area contributed by atoms with Crippen LogP contribution in [0.1, 0.15) is 32.4 Å². The maximum atomic E-state index is 11.9. The van der Waals surface area contributed by atoms with Crippen molar-refractivity contribution < 1.29 is 8.42 Å². The smallest absolute Gasteiger partial charge is 0.211 e. The van der Waals surface area contributed by atoms with Gasteiger partial charge in [-0.05, 0) is 25.7 Å². The molecule has 1 fully saturated rings. The molecule has 126 valence electrons. The van der Waals surface area contributed by atoms with Crippen molar-refractivity contribution in [1.29, 1.82) is 0 Å². The summed E-state index contributed by atoms with van der Waals surface area (Å²) < 4.78 is 28.6. The van der Waals surface area contributed by atoms with Crippen LogP contribution in [0, 0.1) is 18.8 Å². The number of hydrogen-bond donors (Lipinski definition) is 1. The molecule has 2 rings (SSSR count). The minimum atomic E-state index is -3.18. The van der Waals surface area contributed by atoms with Crippen LogP contribution in [0.15, 0.2) is 0 Å². The van der Waals surface area contributed by atoms with E-state index in [1.54, 1.807) is 6.92 Å². The van der Waals surface area contributed by atoms with Crippen molar-refractivity contribution in [3.8, 4) is 0 Å². The Morgan fingerprint density at radius 1 is 1.32 bits per heavy atom. The van der Waals surface area contributed by atoms with Crippen molar-refractivity contribution in [1.82, 2.24) is 24.4 Å².